The van der Waals surface area contributed by atoms with Gasteiger partial charge in [0.05, 0.1) is 18.3 Å². The summed E-state index contributed by atoms with van der Waals surface area (Å²) in [4.78, 5) is 26.4. The Balaban J connectivity index is 1.42. The Morgan fingerprint density at radius 3 is 2.89 bits per heavy atom. The number of hydrogen-bond donors (Lipinski definition) is 2. The van der Waals surface area contributed by atoms with Gasteiger partial charge in [-0.1, -0.05) is 17.3 Å². The van der Waals surface area contributed by atoms with Crippen LogP contribution >= 0.6 is 0 Å². The van der Waals surface area contributed by atoms with Gasteiger partial charge in [-0.25, -0.2) is 4.68 Å². The molecular weight excluding hydrogens is 356 g/mol. The van der Waals surface area contributed by atoms with Crippen LogP contribution in [0.5, 0.6) is 0 Å². The van der Waals surface area contributed by atoms with Gasteiger partial charge in [-0.15, -0.1) is 5.10 Å². The van der Waals surface area contributed by atoms with Gasteiger partial charge in [0.1, 0.15) is 0 Å². The molecule has 28 heavy (non-hydrogen) atoms. The van der Waals surface area contributed by atoms with Gasteiger partial charge in [-0.2, -0.15) is 0 Å². The third kappa shape index (κ3) is 3.91. The number of anilines is 1. The summed E-state index contributed by atoms with van der Waals surface area (Å²) < 4.78 is 1.81. The molecule has 2 aromatic rings. The van der Waals surface area contributed by atoms with E-state index >= 15 is 0 Å². The molecule has 2 amide bonds. The summed E-state index contributed by atoms with van der Waals surface area (Å²) in [5.41, 5.74) is 2.17. The van der Waals surface area contributed by atoms with Crippen molar-refractivity contribution < 1.29 is 9.59 Å². The van der Waals surface area contributed by atoms with Crippen LogP contribution in [0.15, 0.2) is 30.5 Å². The minimum Gasteiger partial charge on any atom is -0.344 e. The van der Waals surface area contributed by atoms with Crippen molar-refractivity contribution in [3.8, 4) is 0 Å². The molecule has 0 bridgehead atoms. The Bertz CT molecular complexity index is 858. The van der Waals surface area contributed by atoms with E-state index in [1.54, 1.807) is 10.9 Å². The van der Waals surface area contributed by atoms with Gasteiger partial charge in [0.25, 0.3) is 5.91 Å². The predicted molar refractivity (Wildman–Crippen MR) is 105 cm³/mol. The summed E-state index contributed by atoms with van der Waals surface area (Å²) in [6.45, 7) is 4.60. The number of benzene rings is 1. The minimum absolute atomic E-state index is 0.156. The number of carbonyl (C=O) groups is 2. The number of amides is 2. The molecule has 1 atom stereocenters. The fraction of sp³-hybridized carbons (Fsp3) is 0.500. The summed E-state index contributed by atoms with van der Waals surface area (Å²) in [5.74, 6) is -0.0845. The van der Waals surface area contributed by atoms with E-state index in [0.717, 1.165) is 50.1 Å². The summed E-state index contributed by atoms with van der Waals surface area (Å²) >= 11 is 0. The van der Waals surface area contributed by atoms with E-state index in [1.165, 1.54) is 0 Å². The van der Waals surface area contributed by atoms with Crippen molar-refractivity contribution in [2.75, 3.05) is 24.5 Å². The zero-order valence-corrected chi connectivity index (χ0v) is 16.1. The molecule has 148 valence electrons. The molecule has 2 N–H and O–H groups in total. The molecule has 4 rings (SSSR count). The first-order valence-corrected chi connectivity index (χ1v) is 9.95. The first-order chi connectivity index (χ1) is 13.6. The van der Waals surface area contributed by atoms with Gasteiger partial charge in [0, 0.05) is 18.7 Å². The summed E-state index contributed by atoms with van der Waals surface area (Å²) in [6.07, 6.45) is 5.20. The number of hydrogen-bond acceptors (Lipinski definition) is 5. The van der Waals surface area contributed by atoms with Crippen LogP contribution in [0.3, 0.4) is 0 Å². The quantitative estimate of drug-likeness (QED) is 0.823. The van der Waals surface area contributed by atoms with Crippen LogP contribution in [0, 0.1) is 0 Å². The highest BCUT2D eigenvalue weighted by Crippen LogP contribution is 2.25. The smallest absolute Gasteiger partial charge is 0.273 e. The number of rotatable bonds is 5. The molecule has 2 aliphatic heterocycles. The molecule has 0 radical (unpaired) electrons. The monoisotopic (exact) mass is 382 g/mol. The second-order valence-corrected chi connectivity index (χ2v) is 7.50. The average molecular weight is 382 g/mol. The molecule has 2 aliphatic rings. The van der Waals surface area contributed by atoms with Crippen molar-refractivity contribution in [2.24, 2.45) is 0 Å². The fourth-order valence-electron chi connectivity index (χ4n) is 3.87. The van der Waals surface area contributed by atoms with Gasteiger partial charge < -0.3 is 15.5 Å². The Hall–Kier alpha value is -2.74. The maximum Gasteiger partial charge on any atom is 0.273 e. The molecule has 8 heteroatoms. The summed E-state index contributed by atoms with van der Waals surface area (Å²) in [5, 5.41) is 14.5. The summed E-state index contributed by atoms with van der Waals surface area (Å²) in [7, 11) is 0. The highest BCUT2D eigenvalue weighted by atomic mass is 16.2. The molecule has 0 saturated carbocycles. The van der Waals surface area contributed by atoms with Gasteiger partial charge in [-0.05, 0) is 57.0 Å². The molecule has 2 fully saturated rings. The lowest BCUT2D eigenvalue weighted by molar-refractivity contribution is -0.117. The van der Waals surface area contributed by atoms with E-state index in [-0.39, 0.29) is 17.9 Å². The van der Waals surface area contributed by atoms with E-state index in [0.29, 0.717) is 18.2 Å². The molecule has 2 saturated heterocycles. The van der Waals surface area contributed by atoms with Gasteiger partial charge in [0.15, 0.2) is 5.69 Å². The Morgan fingerprint density at radius 2 is 2.14 bits per heavy atom. The van der Waals surface area contributed by atoms with Crippen molar-refractivity contribution in [1.82, 2.24) is 25.6 Å². The zero-order valence-electron chi connectivity index (χ0n) is 16.1. The average Bonchev–Trinajstić information content (AvgIpc) is 3.38. The third-order valence-corrected chi connectivity index (χ3v) is 5.53. The Morgan fingerprint density at radius 1 is 1.32 bits per heavy atom. The molecule has 0 spiro atoms. The molecule has 1 aromatic heterocycles. The van der Waals surface area contributed by atoms with E-state index < -0.39 is 0 Å². The normalized spacial score (nSPS) is 19.0. The second-order valence-electron chi connectivity index (χ2n) is 7.50. The molecular formula is C20H26N6O2. The second kappa shape index (κ2) is 8.10. The standard InChI is InChI=1S/C20H26N6O2/c1-14(15-4-2-5-17(12-15)25-11-3-6-19(25)27)22-20(28)18-13-26(24-23-18)16-7-9-21-10-8-16/h2,4-5,12-14,16,21H,3,6-11H2,1H3,(H,22,28). The number of nitrogens with zero attached hydrogens (tertiary/aromatic N) is 4. The van der Waals surface area contributed by atoms with Gasteiger partial charge in [0.2, 0.25) is 5.91 Å². The van der Waals surface area contributed by atoms with Crippen LogP contribution in [-0.4, -0.2) is 46.4 Å². The molecule has 1 aromatic carbocycles. The molecule has 1 unspecified atom stereocenters. The Kier molecular flexibility index (Phi) is 5.38. The zero-order chi connectivity index (χ0) is 19.5. The van der Waals surface area contributed by atoms with E-state index in [1.807, 2.05) is 36.1 Å². The maximum absolute atomic E-state index is 12.6. The highest BCUT2D eigenvalue weighted by molar-refractivity contribution is 5.95. The molecule has 0 aliphatic carbocycles. The lowest BCUT2D eigenvalue weighted by atomic mass is 10.1. The maximum atomic E-state index is 12.6. The largest absolute Gasteiger partial charge is 0.344 e. The van der Waals surface area contributed by atoms with Crippen molar-refractivity contribution >= 4 is 17.5 Å². The van der Waals surface area contributed by atoms with E-state index in [9.17, 15) is 9.59 Å². The van der Waals surface area contributed by atoms with E-state index in [4.69, 9.17) is 0 Å². The van der Waals surface area contributed by atoms with Crippen LogP contribution in [0.2, 0.25) is 0 Å². The van der Waals surface area contributed by atoms with Crippen molar-refractivity contribution in [3.63, 3.8) is 0 Å². The van der Waals surface area contributed by atoms with Gasteiger partial charge in [-0.3, -0.25) is 9.59 Å². The van der Waals surface area contributed by atoms with Crippen LogP contribution < -0.4 is 15.5 Å². The van der Waals surface area contributed by atoms with Crippen LogP contribution in [0.4, 0.5) is 5.69 Å². The lowest BCUT2D eigenvalue weighted by Crippen LogP contribution is -2.29. The third-order valence-electron chi connectivity index (χ3n) is 5.53. The molecule has 3 heterocycles. The Labute approximate surface area is 164 Å². The van der Waals surface area contributed by atoms with Crippen molar-refractivity contribution in [3.05, 3.63) is 41.7 Å². The number of carbonyl (C=O) groups excluding carboxylic acids is 2. The minimum atomic E-state index is -0.240. The van der Waals surface area contributed by atoms with Crippen LogP contribution in [0.1, 0.15) is 60.7 Å². The van der Waals surface area contributed by atoms with Crippen LogP contribution in [0.25, 0.3) is 0 Å². The van der Waals surface area contributed by atoms with Crippen LogP contribution in [-0.2, 0) is 4.79 Å². The highest BCUT2D eigenvalue weighted by Gasteiger charge is 2.23. The number of nitrogens with one attached hydrogen (secondary N) is 2. The molecule has 8 nitrogen and oxygen atoms in total. The number of aromatic nitrogens is 3. The van der Waals surface area contributed by atoms with Gasteiger partial charge >= 0.3 is 0 Å². The first kappa shape index (κ1) is 18.6. The topological polar surface area (TPSA) is 92.2 Å². The predicted octanol–water partition coefficient (Wildman–Crippen LogP) is 1.82. The number of piperidine rings is 1. The van der Waals surface area contributed by atoms with Crippen molar-refractivity contribution in [2.45, 2.75) is 44.7 Å². The lowest BCUT2D eigenvalue weighted by Gasteiger charge is -2.22. The SMILES string of the molecule is CC(NC(=O)c1cn(C2CCNCC2)nn1)c1cccc(N2CCCC2=O)c1. The van der Waals surface area contributed by atoms with E-state index in [2.05, 4.69) is 20.9 Å². The van der Waals surface area contributed by atoms with Crippen molar-refractivity contribution in [1.29, 1.82) is 0 Å². The summed E-state index contributed by atoms with van der Waals surface area (Å²) in [6, 6.07) is 7.88. The fourth-order valence-corrected chi connectivity index (χ4v) is 3.87. The first-order valence-electron chi connectivity index (χ1n) is 9.95.